The molecule has 0 aliphatic heterocycles. The van der Waals surface area contributed by atoms with E-state index in [4.69, 9.17) is 5.11 Å². The third-order valence-electron chi connectivity index (χ3n) is 12.8. The van der Waals surface area contributed by atoms with E-state index in [0.29, 0.717) is 22.8 Å². The Morgan fingerprint density at radius 2 is 1.44 bits per heavy atom. The zero-order valence-electron chi connectivity index (χ0n) is 25.6. The van der Waals surface area contributed by atoms with Crippen LogP contribution in [-0.2, 0) is 0 Å². The molecule has 0 bridgehead atoms. The Hall–Kier alpha value is -0.240. The van der Waals surface area contributed by atoms with Crippen molar-refractivity contribution < 1.29 is 25.5 Å². The summed E-state index contributed by atoms with van der Waals surface area (Å²) in [5.41, 5.74) is 0.939. The molecule has 6 N–H and O–H groups in total. The Balaban J connectivity index is 1.32. The molecule has 0 heterocycles. The van der Waals surface area contributed by atoms with Crippen LogP contribution < -0.4 is 5.32 Å². The van der Waals surface area contributed by atoms with E-state index in [-0.39, 0.29) is 6.54 Å². The molecular formula is C33H61NO5. The van der Waals surface area contributed by atoms with Crippen LogP contribution in [0.3, 0.4) is 0 Å². The van der Waals surface area contributed by atoms with Crippen LogP contribution in [0.4, 0.5) is 0 Å². The number of rotatable bonds is 12. The lowest BCUT2D eigenvalue weighted by atomic mass is 9.44. The summed E-state index contributed by atoms with van der Waals surface area (Å²) in [6.07, 6.45) is 10.2. The highest BCUT2D eigenvalue weighted by Gasteiger charge is 2.60. The van der Waals surface area contributed by atoms with Gasteiger partial charge < -0.3 is 30.8 Å². The van der Waals surface area contributed by atoms with Crippen LogP contribution in [0.1, 0.15) is 112 Å². The normalized spacial score (nSPS) is 42.2. The average molecular weight is 552 g/mol. The molecule has 228 valence electrons. The molecule has 4 fully saturated rings. The van der Waals surface area contributed by atoms with Crippen molar-refractivity contribution >= 4 is 0 Å². The smallest absolute Gasteiger partial charge is 0.111 e. The number of hydrogen-bond donors (Lipinski definition) is 6. The summed E-state index contributed by atoms with van der Waals surface area (Å²) in [5, 5.41) is 52.6. The maximum Gasteiger partial charge on any atom is 0.111 e. The topological polar surface area (TPSA) is 113 Å². The predicted molar refractivity (Wildman–Crippen MR) is 156 cm³/mol. The zero-order chi connectivity index (χ0) is 28.5. The van der Waals surface area contributed by atoms with Gasteiger partial charge in [-0.2, -0.15) is 0 Å². The summed E-state index contributed by atoms with van der Waals surface area (Å²) < 4.78 is 0. The van der Waals surface area contributed by atoms with E-state index in [2.05, 4.69) is 39.9 Å². The zero-order valence-corrected chi connectivity index (χ0v) is 25.6. The fourth-order valence-corrected chi connectivity index (χ4v) is 10.4. The molecule has 4 rings (SSSR count). The van der Waals surface area contributed by atoms with E-state index in [1.165, 1.54) is 64.2 Å². The molecule has 4 unspecified atom stereocenters. The molecule has 39 heavy (non-hydrogen) atoms. The molecule has 4 aliphatic carbocycles. The van der Waals surface area contributed by atoms with Crippen molar-refractivity contribution in [2.24, 2.45) is 52.3 Å². The molecule has 0 radical (unpaired) electrons. The lowest BCUT2D eigenvalue weighted by molar-refractivity contribution is -0.122. The molecule has 0 aromatic heterocycles. The van der Waals surface area contributed by atoms with Crippen molar-refractivity contribution in [3.05, 3.63) is 0 Å². The molecule has 0 amide bonds. The predicted octanol–water partition coefficient (Wildman–Crippen LogP) is 4.50. The van der Waals surface area contributed by atoms with Crippen LogP contribution in [0, 0.1) is 52.3 Å². The van der Waals surface area contributed by atoms with Crippen molar-refractivity contribution in [3.8, 4) is 0 Å². The van der Waals surface area contributed by atoms with Crippen LogP contribution in [0.25, 0.3) is 0 Å². The van der Waals surface area contributed by atoms with Gasteiger partial charge in [-0.05, 0) is 110 Å². The van der Waals surface area contributed by atoms with Gasteiger partial charge in [-0.1, -0.05) is 53.9 Å². The summed E-state index contributed by atoms with van der Waals surface area (Å²) in [6.45, 7) is 12.1. The third kappa shape index (κ3) is 6.41. The largest absolute Gasteiger partial charge is 0.394 e. The second-order valence-corrected chi connectivity index (χ2v) is 15.4. The molecule has 0 aromatic rings. The van der Waals surface area contributed by atoms with Gasteiger partial charge in [0.25, 0.3) is 0 Å². The van der Waals surface area contributed by atoms with E-state index < -0.39 is 31.0 Å². The van der Waals surface area contributed by atoms with Crippen LogP contribution in [0.5, 0.6) is 0 Å². The van der Waals surface area contributed by atoms with Crippen molar-refractivity contribution in [2.75, 3.05) is 13.2 Å². The summed E-state index contributed by atoms with van der Waals surface area (Å²) >= 11 is 0. The minimum absolute atomic E-state index is 0.174. The summed E-state index contributed by atoms with van der Waals surface area (Å²) in [7, 11) is 0. The Morgan fingerprint density at radius 1 is 0.769 bits per heavy atom. The maximum atomic E-state index is 10.4. The maximum absolute atomic E-state index is 10.4. The summed E-state index contributed by atoms with van der Waals surface area (Å²) in [6, 6.07) is 0.304. The van der Waals surface area contributed by atoms with E-state index >= 15 is 0 Å². The molecule has 13 atom stereocenters. The van der Waals surface area contributed by atoms with E-state index in [0.717, 1.165) is 48.3 Å². The Morgan fingerprint density at radius 3 is 2.13 bits per heavy atom. The third-order valence-corrected chi connectivity index (χ3v) is 12.8. The monoisotopic (exact) mass is 551 g/mol. The second kappa shape index (κ2) is 13.0. The fourth-order valence-electron chi connectivity index (χ4n) is 10.4. The van der Waals surface area contributed by atoms with Gasteiger partial charge in [-0.3, -0.25) is 0 Å². The minimum atomic E-state index is -1.56. The first-order chi connectivity index (χ1) is 18.4. The molecule has 0 saturated heterocycles. The molecule has 6 nitrogen and oxygen atoms in total. The first kappa shape index (κ1) is 31.7. The highest BCUT2D eigenvalue weighted by molar-refractivity contribution is 5.10. The quantitative estimate of drug-likeness (QED) is 0.213. The molecular weight excluding hydrogens is 490 g/mol. The number of aliphatic hydroxyl groups is 5. The standard InChI is InChI=1S/C33H61NO5/c1-20(2)7-6-8-21(3)25-11-12-26-24-10-9-22-17-23(34-18-28(36)30(38)31(39)29(37)19-35)13-15-32(22,4)27(24)14-16-33(25,26)5/h20-31,34-39H,6-19H2,1-5H3/t21-,22?,23+,24?,25-,26?,27?,28-,29-,30-,31+,32+,33-/m1/s1. The first-order valence-corrected chi connectivity index (χ1v) is 16.5. The van der Waals surface area contributed by atoms with Crippen molar-refractivity contribution in [1.82, 2.24) is 5.32 Å². The molecule has 0 aromatic carbocycles. The lowest BCUT2D eigenvalue weighted by Crippen LogP contribution is -2.56. The minimum Gasteiger partial charge on any atom is -0.394 e. The molecule has 0 spiro atoms. The van der Waals surface area contributed by atoms with Crippen molar-refractivity contribution in [2.45, 2.75) is 142 Å². The summed E-state index contributed by atoms with van der Waals surface area (Å²) in [4.78, 5) is 0. The first-order valence-electron chi connectivity index (χ1n) is 16.5. The van der Waals surface area contributed by atoms with Crippen LogP contribution in [-0.4, -0.2) is 69.1 Å². The number of aliphatic hydroxyl groups excluding tert-OH is 5. The van der Waals surface area contributed by atoms with Gasteiger partial charge in [-0.15, -0.1) is 0 Å². The Kier molecular flexibility index (Phi) is 10.5. The van der Waals surface area contributed by atoms with Gasteiger partial charge in [0, 0.05) is 12.6 Å². The number of fused-ring (bicyclic) bond motifs is 5. The summed E-state index contributed by atoms with van der Waals surface area (Å²) in [5.74, 6) is 5.90. The Bertz CT molecular complexity index is 779. The van der Waals surface area contributed by atoms with E-state index in [9.17, 15) is 20.4 Å². The Labute approximate surface area is 238 Å². The SMILES string of the molecule is CC(C)CCC[C@@H](C)[C@H]1CCC2C3CCC4C[C@@H](NC[C@@H](O)[C@@H](O)[C@@H](O)[C@H](O)CO)CC[C@]4(C)C3CC[C@@]21C. The fraction of sp³-hybridized carbons (Fsp3) is 1.00. The van der Waals surface area contributed by atoms with Gasteiger partial charge in [0.1, 0.15) is 18.3 Å². The molecule has 4 saturated carbocycles. The van der Waals surface area contributed by atoms with Crippen LogP contribution >= 0.6 is 0 Å². The van der Waals surface area contributed by atoms with Crippen molar-refractivity contribution in [1.29, 1.82) is 0 Å². The van der Waals surface area contributed by atoms with Crippen LogP contribution in [0.15, 0.2) is 0 Å². The van der Waals surface area contributed by atoms with E-state index in [1.54, 1.807) is 0 Å². The second-order valence-electron chi connectivity index (χ2n) is 15.4. The van der Waals surface area contributed by atoms with Gasteiger partial charge in [0.2, 0.25) is 0 Å². The van der Waals surface area contributed by atoms with Crippen molar-refractivity contribution in [3.63, 3.8) is 0 Å². The van der Waals surface area contributed by atoms with E-state index in [1.807, 2.05) is 0 Å². The van der Waals surface area contributed by atoms with Crippen LogP contribution in [0.2, 0.25) is 0 Å². The van der Waals surface area contributed by atoms with Gasteiger partial charge in [0.15, 0.2) is 0 Å². The van der Waals surface area contributed by atoms with Gasteiger partial charge in [0.05, 0.1) is 12.7 Å². The molecule has 6 heteroatoms. The number of nitrogens with one attached hydrogen (secondary N) is 1. The number of hydrogen-bond acceptors (Lipinski definition) is 6. The molecule has 4 aliphatic rings. The van der Waals surface area contributed by atoms with Gasteiger partial charge >= 0.3 is 0 Å². The lowest BCUT2D eigenvalue weighted by Gasteiger charge is -2.61. The van der Waals surface area contributed by atoms with Gasteiger partial charge in [-0.25, -0.2) is 0 Å². The highest BCUT2D eigenvalue weighted by atomic mass is 16.4. The highest BCUT2D eigenvalue weighted by Crippen LogP contribution is 2.68. The average Bonchev–Trinajstić information content (AvgIpc) is 3.27.